The van der Waals surface area contributed by atoms with Crippen LogP contribution in [-0.2, 0) is 4.79 Å². The molecule has 0 unspecified atom stereocenters. The number of aromatic nitrogens is 2. The summed E-state index contributed by atoms with van der Waals surface area (Å²) in [6.07, 6.45) is 2.58. The lowest BCUT2D eigenvalue weighted by atomic mass is 10.1. The monoisotopic (exact) mass is 305 g/mol. The summed E-state index contributed by atoms with van der Waals surface area (Å²) in [4.78, 5) is 22.5. The molecule has 6 nitrogen and oxygen atoms in total. The maximum atomic E-state index is 12.9. The molecule has 1 heterocycles. The fraction of sp³-hybridized carbons (Fsp3) is 0.267. The van der Waals surface area contributed by atoms with Crippen LogP contribution in [0.25, 0.3) is 11.3 Å². The quantitative estimate of drug-likeness (QED) is 0.683. The van der Waals surface area contributed by atoms with Gasteiger partial charge in [-0.15, -0.1) is 0 Å². The van der Waals surface area contributed by atoms with Crippen molar-refractivity contribution in [2.75, 3.05) is 6.54 Å². The van der Waals surface area contributed by atoms with Crippen LogP contribution in [0.4, 0.5) is 4.39 Å². The highest BCUT2D eigenvalue weighted by Crippen LogP contribution is 2.21. The second-order valence-electron chi connectivity index (χ2n) is 4.77. The van der Waals surface area contributed by atoms with E-state index in [1.165, 1.54) is 18.3 Å². The molecule has 2 rings (SSSR count). The van der Waals surface area contributed by atoms with E-state index in [2.05, 4.69) is 15.5 Å². The van der Waals surface area contributed by atoms with Gasteiger partial charge in [0, 0.05) is 18.5 Å². The maximum Gasteiger partial charge on any atom is 0.303 e. The van der Waals surface area contributed by atoms with Crippen molar-refractivity contribution in [2.24, 2.45) is 0 Å². The number of hydrogen-bond acceptors (Lipinski definition) is 3. The number of carboxylic acids is 1. The standard InChI is InChI=1S/C15H16FN3O3/c16-11-6-4-10(5-7-11)14-12(9-18-19-14)15(22)17-8-2-1-3-13(20)21/h4-7,9H,1-3,8H2,(H,17,22)(H,18,19)(H,20,21). The SMILES string of the molecule is O=C(O)CCCCNC(=O)c1cn[nH]c1-c1ccc(F)cc1. The van der Waals surface area contributed by atoms with Crippen molar-refractivity contribution >= 4 is 11.9 Å². The van der Waals surface area contributed by atoms with Crippen molar-refractivity contribution in [2.45, 2.75) is 19.3 Å². The van der Waals surface area contributed by atoms with Crippen molar-refractivity contribution in [3.05, 3.63) is 41.8 Å². The van der Waals surface area contributed by atoms with Gasteiger partial charge in [-0.05, 0) is 37.1 Å². The molecule has 1 aromatic carbocycles. The number of amides is 1. The van der Waals surface area contributed by atoms with Crippen LogP contribution in [0.5, 0.6) is 0 Å². The summed E-state index contributed by atoms with van der Waals surface area (Å²) in [5, 5.41) is 17.8. The van der Waals surface area contributed by atoms with Crippen molar-refractivity contribution in [1.29, 1.82) is 0 Å². The second-order valence-corrected chi connectivity index (χ2v) is 4.77. The van der Waals surface area contributed by atoms with E-state index in [4.69, 9.17) is 5.11 Å². The summed E-state index contributed by atoms with van der Waals surface area (Å²) in [6.45, 7) is 0.389. The summed E-state index contributed by atoms with van der Waals surface area (Å²) < 4.78 is 12.9. The summed E-state index contributed by atoms with van der Waals surface area (Å²) in [6, 6.07) is 5.74. The first kappa shape index (κ1) is 15.7. The van der Waals surface area contributed by atoms with Gasteiger partial charge in [0.25, 0.3) is 5.91 Å². The molecule has 0 atom stereocenters. The molecule has 0 spiro atoms. The molecule has 7 heteroatoms. The molecule has 0 radical (unpaired) electrons. The molecular weight excluding hydrogens is 289 g/mol. The lowest BCUT2D eigenvalue weighted by Crippen LogP contribution is -2.24. The topological polar surface area (TPSA) is 95.1 Å². The minimum atomic E-state index is -0.847. The predicted molar refractivity (Wildman–Crippen MR) is 77.8 cm³/mol. The van der Waals surface area contributed by atoms with E-state index < -0.39 is 5.97 Å². The van der Waals surface area contributed by atoms with Crippen LogP contribution in [0, 0.1) is 5.82 Å². The van der Waals surface area contributed by atoms with E-state index in [1.807, 2.05) is 0 Å². The molecule has 0 aliphatic heterocycles. The van der Waals surface area contributed by atoms with E-state index in [-0.39, 0.29) is 18.1 Å². The van der Waals surface area contributed by atoms with Gasteiger partial charge in [0.2, 0.25) is 0 Å². The van der Waals surface area contributed by atoms with Gasteiger partial charge in [-0.25, -0.2) is 4.39 Å². The average molecular weight is 305 g/mol. The number of halogens is 1. The largest absolute Gasteiger partial charge is 0.481 e. The first-order valence-electron chi connectivity index (χ1n) is 6.87. The van der Waals surface area contributed by atoms with Gasteiger partial charge >= 0.3 is 5.97 Å². The lowest BCUT2D eigenvalue weighted by molar-refractivity contribution is -0.137. The molecule has 0 aliphatic rings. The zero-order valence-corrected chi connectivity index (χ0v) is 11.8. The number of nitrogens with zero attached hydrogens (tertiary/aromatic N) is 1. The summed E-state index contributed by atoms with van der Waals surface area (Å²) >= 11 is 0. The summed E-state index contributed by atoms with van der Waals surface area (Å²) in [5.74, 6) is -1.50. The van der Waals surface area contributed by atoms with Crippen LogP contribution in [0.15, 0.2) is 30.5 Å². The zero-order valence-electron chi connectivity index (χ0n) is 11.8. The molecule has 0 bridgehead atoms. The van der Waals surface area contributed by atoms with E-state index >= 15 is 0 Å². The zero-order chi connectivity index (χ0) is 15.9. The second kappa shape index (κ2) is 7.35. The van der Waals surface area contributed by atoms with Crippen LogP contribution in [0.3, 0.4) is 0 Å². The molecule has 3 N–H and O–H groups in total. The van der Waals surface area contributed by atoms with Gasteiger partial charge < -0.3 is 10.4 Å². The molecule has 0 saturated heterocycles. The van der Waals surface area contributed by atoms with Crippen LogP contribution in [-0.4, -0.2) is 33.7 Å². The minimum Gasteiger partial charge on any atom is -0.481 e. The molecule has 1 amide bonds. The maximum absolute atomic E-state index is 12.9. The number of benzene rings is 1. The van der Waals surface area contributed by atoms with Gasteiger partial charge in [-0.2, -0.15) is 5.10 Å². The van der Waals surface area contributed by atoms with Gasteiger partial charge in [0.15, 0.2) is 0 Å². The number of hydrogen-bond donors (Lipinski definition) is 3. The Bertz CT molecular complexity index is 652. The lowest BCUT2D eigenvalue weighted by Gasteiger charge is -2.05. The number of carboxylic acid groups (broad SMARTS) is 1. The van der Waals surface area contributed by atoms with Crippen molar-refractivity contribution in [1.82, 2.24) is 15.5 Å². The molecule has 116 valence electrons. The van der Waals surface area contributed by atoms with Crippen LogP contribution < -0.4 is 5.32 Å². The van der Waals surface area contributed by atoms with Crippen molar-refractivity contribution < 1.29 is 19.1 Å². The van der Waals surface area contributed by atoms with Gasteiger partial charge in [0.05, 0.1) is 17.5 Å². The van der Waals surface area contributed by atoms with Crippen molar-refractivity contribution in [3.8, 4) is 11.3 Å². The first-order chi connectivity index (χ1) is 10.6. The number of unbranched alkanes of at least 4 members (excludes halogenated alkanes) is 1. The number of rotatable bonds is 7. The Hall–Kier alpha value is -2.70. The fourth-order valence-electron chi connectivity index (χ4n) is 1.99. The highest BCUT2D eigenvalue weighted by atomic mass is 19.1. The third kappa shape index (κ3) is 4.15. The third-order valence-corrected chi connectivity index (χ3v) is 3.12. The highest BCUT2D eigenvalue weighted by molar-refractivity contribution is 5.99. The predicted octanol–water partition coefficient (Wildman–Crippen LogP) is 2.20. The Kier molecular flexibility index (Phi) is 5.24. The average Bonchev–Trinajstić information content (AvgIpc) is 2.96. The van der Waals surface area contributed by atoms with Crippen LogP contribution in [0.1, 0.15) is 29.6 Å². The van der Waals surface area contributed by atoms with Crippen LogP contribution in [0.2, 0.25) is 0 Å². The van der Waals surface area contributed by atoms with E-state index in [1.54, 1.807) is 12.1 Å². The van der Waals surface area contributed by atoms with Crippen molar-refractivity contribution in [3.63, 3.8) is 0 Å². The highest BCUT2D eigenvalue weighted by Gasteiger charge is 2.14. The molecular formula is C15H16FN3O3. The van der Waals surface area contributed by atoms with Gasteiger partial charge in [0.1, 0.15) is 5.82 Å². The number of carbonyl (C=O) groups excluding carboxylic acids is 1. The van der Waals surface area contributed by atoms with Gasteiger partial charge in [-0.3, -0.25) is 14.7 Å². The smallest absolute Gasteiger partial charge is 0.303 e. The Morgan fingerprint density at radius 1 is 1.23 bits per heavy atom. The Balaban J connectivity index is 1.95. The Labute approximate surface area is 126 Å². The molecule has 2 aromatic rings. The molecule has 0 saturated carbocycles. The molecule has 22 heavy (non-hydrogen) atoms. The molecule has 0 fully saturated rings. The number of carbonyl (C=O) groups is 2. The normalized spacial score (nSPS) is 10.4. The van der Waals surface area contributed by atoms with E-state index in [0.717, 1.165) is 0 Å². The summed E-state index contributed by atoms with van der Waals surface area (Å²) in [7, 11) is 0. The minimum absolute atomic E-state index is 0.0857. The summed E-state index contributed by atoms with van der Waals surface area (Å²) in [5.41, 5.74) is 1.54. The number of aromatic amines is 1. The Morgan fingerprint density at radius 3 is 2.64 bits per heavy atom. The number of aliphatic carboxylic acids is 1. The molecule has 0 aliphatic carbocycles. The fourth-order valence-corrected chi connectivity index (χ4v) is 1.99. The Morgan fingerprint density at radius 2 is 1.95 bits per heavy atom. The van der Waals surface area contributed by atoms with E-state index in [0.29, 0.717) is 36.2 Å². The van der Waals surface area contributed by atoms with E-state index in [9.17, 15) is 14.0 Å². The number of H-pyrrole nitrogens is 1. The molecule has 1 aromatic heterocycles. The van der Waals surface area contributed by atoms with Crippen LogP contribution >= 0.6 is 0 Å². The first-order valence-corrected chi connectivity index (χ1v) is 6.87. The third-order valence-electron chi connectivity index (χ3n) is 3.12. The van der Waals surface area contributed by atoms with Gasteiger partial charge in [-0.1, -0.05) is 0 Å². The number of nitrogens with one attached hydrogen (secondary N) is 2.